The highest BCUT2D eigenvalue weighted by atomic mass is 35.5. The Morgan fingerprint density at radius 3 is 2.63 bits per heavy atom. The fraction of sp³-hybridized carbons (Fsp3) is 0.444. The molecular weight excluding hydrogens is 462 g/mol. The van der Waals surface area contributed by atoms with Crippen molar-refractivity contribution in [3.8, 4) is 5.69 Å². The zero-order chi connectivity index (χ0) is 24.9. The predicted octanol–water partition coefficient (Wildman–Crippen LogP) is 4.60. The summed E-state index contributed by atoms with van der Waals surface area (Å²) >= 11 is 6.17. The largest absolute Gasteiger partial charge is 0.346 e. The summed E-state index contributed by atoms with van der Waals surface area (Å²) in [6.45, 7) is 6.01. The van der Waals surface area contributed by atoms with Gasteiger partial charge in [0, 0.05) is 17.4 Å². The maximum absolute atomic E-state index is 12.9. The zero-order valence-electron chi connectivity index (χ0n) is 20.5. The molecule has 1 saturated carbocycles. The summed E-state index contributed by atoms with van der Waals surface area (Å²) in [6, 6.07) is 11.6. The van der Waals surface area contributed by atoms with Crippen molar-refractivity contribution in [1.82, 2.24) is 25.5 Å². The van der Waals surface area contributed by atoms with Gasteiger partial charge in [0.25, 0.3) is 0 Å². The topological polar surface area (TPSA) is 89.8 Å². The van der Waals surface area contributed by atoms with E-state index in [0.29, 0.717) is 17.4 Å². The van der Waals surface area contributed by atoms with E-state index in [-0.39, 0.29) is 24.0 Å². The number of amides is 1. The van der Waals surface area contributed by atoms with Crippen LogP contribution in [0, 0.1) is 25.7 Å². The Hall–Kier alpha value is -3.06. The van der Waals surface area contributed by atoms with Crippen LogP contribution in [-0.4, -0.2) is 37.9 Å². The van der Waals surface area contributed by atoms with Crippen LogP contribution in [0.25, 0.3) is 5.69 Å². The molecule has 0 radical (unpaired) electrons. The third-order valence-corrected chi connectivity index (χ3v) is 7.07. The summed E-state index contributed by atoms with van der Waals surface area (Å²) in [6.07, 6.45) is 6.07. The van der Waals surface area contributed by atoms with E-state index in [1.165, 1.54) is 23.0 Å². The molecule has 184 valence electrons. The lowest BCUT2D eigenvalue weighted by atomic mass is 9.94. The fourth-order valence-electron chi connectivity index (χ4n) is 5.15. The van der Waals surface area contributed by atoms with Gasteiger partial charge in [0.15, 0.2) is 5.78 Å². The number of hydrogen-bond donors (Lipinski definition) is 1. The molecule has 1 amide bonds. The average molecular weight is 494 g/mol. The number of hydrogen-bond acceptors (Lipinski definition) is 5. The van der Waals surface area contributed by atoms with E-state index in [1.807, 2.05) is 12.1 Å². The number of carbonyl (C=O) groups is 2. The molecule has 0 aliphatic heterocycles. The van der Waals surface area contributed by atoms with Crippen LogP contribution in [0.2, 0.25) is 5.02 Å². The summed E-state index contributed by atoms with van der Waals surface area (Å²) < 4.78 is 1.55. The number of halogens is 1. The van der Waals surface area contributed by atoms with Gasteiger partial charge in [-0.2, -0.15) is 0 Å². The molecule has 1 aliphatic carbocycles. The van der Waals surface area contributed by atoms with Gasteiger partial charge in [-0.15, -0.1) is 5.10 Å². The molecular formula is C27H32ClN5O2. The lowest BCUT2D eigenvalue weighted by Crippen LogP contribution is -2.41. The monoisotopic (exact) mass is 493 g/mol. The van der Waals surface area contributed by atoms with Crippen LogP contribution in [0.3, 0.4) is 0 Å². The fourth-order valence-corrected chi connectivity index (χ4v) is 5.35. The van der Waals surface area contributed by atoms with Crippen LogP contribution >= 0.6 is 11.6 Å². The molecule has 3 atom stereocenters. The van der Waals surface area contributed by atoms with Gasteiger partial charge < -0.3 is 5.32 Å². The molecule has 1 fully saturated rings. The molecule has 0 saturated heterocycles. The quantitative estimate of drug-likeness (QED) is 0.470. The van der Waals surface area contributed by atoms with E-state index in [2.05, 4.69) is 52.9 Å². The summed E-state index contributed by atoms with van der Waals surface area (Å²) in [4.78, 5) is 25.7. The third kappa shape index (κ3) is 6.54. The highest BCUT2D eigenvalue weighted by molar-refractivity contribution is 6.30. The minimum absolute atomic E-state index is 0.00842. The summed E-state index contributed by atoms with van der Waals surface area (Å²) in [5, 5.41) is 14.8. The van der Waals surface area contributed by atoms with Crippen molar-refractivity contribution in [1.29, 1.82) is 0 Å². The second kappa shape index (κ2) is 11.1. The van der Waals surface area contributed by atoms with Gasteiger partial charge in [0.05, 0.1) is 11.7 Å². The number of aromatic nitrogens is 4. The second-order valence-electron chi connectivity index (χ2n) is 9.80. The van der Waals surface area contributed by atoms with E-state index in [0.717, 1.165) is 36.9 Å². The number of tetrazole rings is 1. The molecule has 0 unspecified atom stereocenters. The Kier molecular flexibility index (Phi) is 7.96. The molecule has 7 nitrogen and oxygen atoms in total. The molecule has 1 N–H and O–H groups in total. The first-order valence-electron chi connectivity index (χ1n) is 12.2. The molecule has 2 aromatic carbocycles. The van der Waals surface area contributed by atoms with Gasteiger partial charge in [-0.3, -0.25) is 9.59 Å². The number of Topliss-reactive ketones (excluding diaryl/α,β-unsaturated/α-hetero) is 1. The number of rotatable bonds is 9. The van der Waals surface area contributed by atoms with Crippen LogP contribution in [0.5, 0.6) is 0 Å². The smallest absolute Gasteiger partial charge is 0.223 e. The number of nitrogens with one attached hydrogen (secondary N) is 1. The van der Waals surface area contributed by atoms with Crippen LogP contribution in [0.4, 0.5) is 0 Å². The summed E-state index contributed by atoms with van der Waals surface area (Å²) in [7, 11) is 0. The van der Waals surface area contributed by atoms with Crippen molar-refractivity contribution in [3.63, 3.8) is 0 Å². The van der Waals surface area contributed by atoms with E-state index >= 15 is 0 Å². The third-order valence-electron chi connectivity index (χ3n) is 6.84. The minimum atomic E-state index is -0.531. The van der Waals surface area contributed by atoms with Crippen LogP contribution < -0.4 is 5.32 Å². The first-order chi connectivity index (χ1) is 16.8. The van der Waals surface area contributed by atoms with Crippen molar-refractivity contribution < 1.29 is 9.59 Å². The van der Waals surface area contributed by atoms with E-state index in [1.54, 1.807) is 17.7 Å². The molecule has 1 aliphatic rings. The van der Waals surface area contributed by atoms with Gasteiger partial charge in [-0.05, 0) is 98.5 Å². The molecule has 35 heavy (non-hydrogen) atoms. The number of ketones is 1. The van der Waals surface area contributed by atoms with Crippen molar-refractivity contribution in [2.45, 2.75) is 65.3 Å². The Bertz CT molecular complexity index is 1170. The van der Waals surface area contributed by atoms with Gasteiger partial charge in [-0.25, -0.2) is 4.68 Å². The Labute approximate surface area is 211 Å². The minimum Gasteiger partial charge on any atom is -0.346 e. The second-order valence-corrected chi connectivity index (χ2v) is 10.2. The lowest BCUT2D eigenvalue weighted by molar-refractivity contribution is -0.129. The number of benzene rings is 2. The predicted molar refractivity (Wildman–Crippen MR) is 136 cm³/mol. The van der Waals surface area contributed by atoms with Crippen molar-refractivity contribution in [2.75, 3.05) is 0 Å². The van der Waals surface area contributed by atoms with Crippen LogP contribution in [0.15, 0.2) is 42.7 Å². The van der Waals surface area contributed by atoms with Gasteiger partial charge >= 0.3 is 0 Å². The summed E-state index contributed by atoms with van der Waals surface area (Å²) in [5.74, 6) is 0.461. The number of carbonyl (C=O) groups excluding carboxylic acids is 2. The Morgan fingerprint density at radius 2 is 1.91 bits per heavy atom. The maximum Gasteiger partial charge on any atom is 0.223 e. The van der Waals surface area contributed by atoms with Crippen LogP contribution in [-0.2, 0) is 22.4 Å². The van der Waals surface area contributed by atoms with Crippen molar-refractivity contribution in [3.05, 3.63) is 70.0 Å². The highest BCUT2D eigenvalue weighted by Crippen LogP contribution is 2.34. The molecule has 4 rings (SSSR count). The zero-order valence-corrected chi connectivity index (χ0v) is 21.3. The molecule has 0 bridgehead atoms. The van der Waals surface area contributed by atoms with Gasteiger partial charge in [-0.1, -0.05) is 40.9 Å². The maximum atomic E-state index is 12.9. The van der Waals surface area contributed by atoms with Gasteiger partial charge in [0.2, 0.25) is 5.91 Å². The lowest BCUT2D eigenvalue weighted by Gasteiger charge is -2.17. The Morgan fingerprint density at radius 1 is 1.14 bits per heavy atom. The van der Waals surface area contributed by atoms with Crippen molar-refractivity contribution >= 4 is 23.3 Å². The molecule has 1 aromatic heterocycles. The Balaban J connectivity index is 1.28. The van der Waals surface area contributed by atoms with E-state index in [9.17, 15) is 9.59 Å². The first-order valence-corrected chi connectivity index (χ1v) is 12.6. The molecule has 0 spiro atoms. The SMILES string of the molecule is Cc1cc(C)cc(C[C@@H]2CC[C@@H](C(=O)N[C@@H](C)C(=O)CCc3cc(Cl)ccc3-n3cnnn3)C2)c1. The molecule has 8 heteroatoms. The van der Waals surface area contributed by atoms with Gasteiger partial charge in [0.1, 0.15) is 6.33 Å². The molecule has 3 aromatic rings. The molecule has 1 heterocycles. The number of nitrogens with zero attached hydrogens (tertiary/aromatic N) is 4. The first kappa shape index (κ1) is 25.0. The van der Waals surface area contributed by atoms with E-state index < -0.39 is 6.04 Å². The summed E-state index contributed by atoms with van der Waals surface area (Å²) in [5.41, 5.74) is 5.57. The van der Waals surface area contributed by atoms with Crippen molar-refractivity contribution in [2.24, 2.45) is 11.8 Å². The van der Waals surface area contributed by atoms with E-state index in [4.69, 9.17) is 11.6 Å². The average Bonchev–Trinajstić information content (AvgIpc) is 3.49. The standard InChI is InChI=1S/C27H32ClN5O2/c1-17-10-18(2)12-21(11-17)13-20-4-5-23(14-20)27(35)30-19(3)26(34)9-6-22-15-24(28)7-8-25(22)33-16-29-31-32-33/h7-8,10-12,15-16,19-20,23H,4-6,9,13-14H2,1-3H3,(H,30,35)/t19-,20-,23+/m0/s1. The highest BCUT2D eigenvalue weighted by Gasteiger charge is 2.31. The number of aryl methyl sites for hydroxylation is 3. The normalized spacial score (nSPS) is 18.4. The van der Waals surface area contributed by atoms with Crippen LogP contribution in [0.1, 0.15) is 54.9 Å².